The molecule has 160 valence electrons. The van der Waals surface area contributed by atoms with Gasteiger partial charge in [0.2, 0.25) is 0 Å². The Morgan fingerprint density at radius 2 is 1.47 bits per heavy atom. The molecular weight excluding hydrogens is 384 g/mol. The van der Waals surface area contributed by atoms with Crippen molar-refractivity contribution in [1.29, 1.82) is 0 Å². The molecule has 0 saturated heterocycles. The van der Waals surface area contributed by atoms with Crippen LogP contribution in [-0.4, -0.2) is 35.4 Å². The molecule has 0 atom stereocenters. The van der Waals surface area contributed by atoms with Gasteiger partial charge in [-0.2, -0.15) is 0 Å². The predicted molar refractivity (Wildman–Crippen MR) is 133 cm³/mol. The number of benzene rings is 3. The average Bonchev–Trinajstić information content (AvgIpc) is 2.76. The van der Waals surface area contributed by atoms with Crippen LogP contribution in [0, 0.1) is 13.8 Å². The van der Waals surface area contributed by atoms with Crippen molar-refractivity contribution < 1.29 is 0 Å². The van der Waals surface area contributed by atoms with Crippen LogP contribution in [0.5, 0.6) is 0 Å². The molecule has 0 bridgehead atoms. The zero-order valence-corrected chi connectivity index (χ0v) is 19.8. The van der Waals surface area contributed by atoms with Crippen LogP contribution < -0.4 is 0 Å². The van der Waals surface area contributed by atoms with Crippen LogP contribution in [0.1, 0.15) is 43.4 Å². The molecule has 0 N–H and O–H groups in total. The van der Waals surface area contributed by atoms with E-state index in [1.807, 2.05) is 11.9 Å². The van der Waals surface area contributed by atoms with Gasteiger partial charge < -0.3 is 4.90 Å². The standard InChI is InChI=1S/C27H36N2S/c1-5-28(6-2)17-9-10-18-29(21-24-14-13-22(3)23(4)19-24)30-27-16-15-25-11-7-8-12-26(25)20-27/h7-8,11-16,19-20H,5-6,9-10,17-18,21H2,1-4H3. The van der Waals surface area contributed by atoms with Gasteiger partial charge in [0.25, 0.3) is 0 Å². The lowest BCUT2D eigenvalue weighted by Crippen LogP contribution is -2.25. The topological polar surface area (TPSA) is 6.48 Å². The minimum absolute atomic E-state index is 0.976. The van der Waals surface area contributed by atoms with Gasteiger partial charge in [0, 0.05) is 18.0 Å². The summed E-state index contributed by atoms with van der Waals surface area (Å²) in [5.74, 6) is 0. The third kappa shape index (κ3) is 6.60. The summed E-state index contributed by atoms with van der Waals surface area (Å²) in [6.45, 7) is 14.5. The lowest BCUT2D eigenvalue weighted by molar-refractivity contribution is 0.291. The lowest BCUT2D eigenvalue weighted by Gasteiger charge is -2.23. The van der Waals surface area contributed by atoms with Crippen LogP contribution >= 0.6 is 11.9 Å². The van der Waals surface area contributed by atoms with Crippen molar-refractivity contribution in [1.82, 2.24) is 9.21 Å². The molecular formula is C27H36N2S. The first-order chi connectivity index (χ1) is 14.6. The number of hydrogen-bond donors (Lipinski definition) is 0. The smallest absolute Gasteiger partial charge is 0.0344 e. The van der Waals surface area contributed by atoms with Crippen molar-refractivity contribution in [3.8, 4) is 0 Å². The maximum Gasteiger partial charge on any atom is 0.0344 e. The van der Waals surface area contributed by atoms with Gasteiger partial charge in [0.15, 0.2) is 0 Å². The molecule has 3 aromatic carbocycles. The molecule has 2 nitrogen and oxygen atoms in total. The van der Waals surface area contributed by atoms with E-state index in [4.69, 9.17) is 0 Å². The maximum absolute atomic E-state index is 2.54. The highest BCUT2D eigenvalue weighted by Gasteiger charge is 2.10. The van der Waals surface area contributed by atoms with Crippen molar-refractivity contribution in [2.75, 3.05) is 26.2 Å². The molecule has 0 aliphatic carbocycles. The highest BCUT2D eigenvalue weighted by molar-refractivity contribution is 7.97. The Morgan fingerprint density at radius 3 is 2.20 bits per heavy atom. The summed E-state index contributed by atoms with van der Waals surface area (Å²) in [4.78, 5) is 3.84. The summed E-state index contributed by atoms with van der Waals surface area (Å²) >= 11 is 1.90. The van der Waals surface area contributed by atoms with E-state index in [0.717, 1.165) is 26.2 Å². The van der Waals surface area contributed by atoms with Gasteiger partial charge in [-0.1, -0.05) is 62.4 Å². The molecule has 0 fully saturated rings. The molecule has 0 aromatic heterocycles. The summed E-state index contributed by atoms with van der Waals surface area (Å²) in [6, 6.07) is 22.3. The van der Waals surface area contributed by atoms with Crippen molar-refractivity contribution in [3.05, 3.63) is 77.4 Å². The fourth-order valence-corrected chi connectivity index (χ4v) is 4.84. The second-order valence-corrected chi connectivity index (χ2v) is 9.29. The molecule has 3 aromatic rings. The van der Waals surface area contributed by atoms with E-state index in [1.165, 1.54) is 51.7 Å². The first-order valence-electron chi connectivity index (χ1n) is 11.3. The molecule has 3 rings (SSSR count). The van der Waals surface area contributed by atoms with Crippen LogP contribution in [0.25, 0.3) is 10.8 Å². The molecule has 0 radical (unpaired) electrons. The normalized spacial score (nSPS) is 11.7. The van der Waals surface area contributed by atoms with E-state index < -0.39 is 0 Å². The van der Waals surface area contributed by atoms with Gasteiger partial charge >= 0.3 is 0 Å². The quantitative estimate of drug-likeness (QED) is 0.241. The zero-order chi connectivity index (χ0) is 21.3. The Bertz CT molecular complexity index is 933. The van der Waals surface area contributed by atoms with Crippen molar-refractivity contribution in [2.45, 2.75) is 52.0 Å². The van der Waals surface area contributed by atoms with Gasteiger partial charge in [-0.05, 0) is 97.9 Å². The summed E-state index contributed by atoms with van der Waals surface area (Å²) in [5, 5.41) is 2.62. The Labute approximate surface area is 187 Å². The zero-order valence-electron chi connectivity index (χ0n) is 19.0. The summed E-state index contributed by atoms with van der Waals surface area (Å²) < 4.78 is 2.54. The van der Waals surface area contributed by atoms with E-state index >= 15 is 0 Å². The SMILES string of the molecule is CCN(CC)CCCCN(Cc1ccc(C)c(C)c1)Sc1ccc2ccccc2c1. The van der Waals surface area contributed by atoms with Crippen molar-refractivity contribution in [2.24, 2.45) is 0 Å². The molecule has 0 unspecified atom stereocenters. The van der Waals surface area contributed by atoms with Crippen LogP contribution in [-0.2, 0) is 6.54 Å². The van der Waals surface area contributed by atoms with Gasteiger partial charge in [-0.15, -0.1) is 0 Å². The van der Waals surface area contributed by atoms with E-state index in [1.54, 1.807) is 0 Å². The minimum Gasteiger partial charge on any atom is -0.304 e. The van der Waals surface area contributed by atoms with Crippen molar-refractivity contribution in [3.63, 3.8) is 0 Å². The highest BCUT2D eigenvalue weighted by atomic mass is 32.2. The molecule has 0 saturated carbocycles. The van der Waals surface area contributed by atoms with Crippen LogP contribution in [0.15, 0.2) is 65.6 Å². The summed E-state index contributed by atoms with van der Waals surface area (Å²) in [6.07, 6.45) is 2.48. The molecule has 0 heterocycles. The number of hydrogen-bond acceptors (Lipinski definition) is 3. The second-order valence-electron chi connectivity index (χ2n) is 8.12. The lowest BCUT2D eigenvalue weighted by atomic mass is 10.1. The average molecular weight is 421 g/mol. The van der Waals surface area contributed by atoms with E-state index in [9.17, 15) is 0 Å². The number of nitrogens with zero attached hydrogens (tertiary/aromatic N) is 2. The molecule has 30 heavy (non-hydrogen) atoms. The fourth-order valence-electron chi connectivity index (χ4n) is 3.80. The molecule has 0 spiro atoms. The van der Waals surface area contributed by atoms with Gasteiger partial charge in [-0.25, -0.2) is 4.31 Å². The summed E-state index contributed by atoms with van der Waals surface area (Å²) in [7, 11) is 0. The number of fused-ring (bicyclic) bond motifs is 1. The van der Waals surface area contributed by atoms with Crippen molar-refractivity contribution >= 4 is 22.7 Å². The monoisotopic (exact) mass is 420 g/mol. The number of rotatable bonds is 11. The first-order valence-corrected chi connectivity index (χ1v) is 12.1. The summed E-state index contributed by atoms with van der Waals surface area (Å²) in [5.41, 5.74) is 4.14. The Morgan fingerprint density at radius 1 is 0.733 bits per heavy atom. The molecule has 3 heteroatoms. The van der Waals surface area contributed by atoms with Gasteiger partial charge in [-0.3, -0.25) is 0 Å². The predicted octanol–water partition coefficient (Wildman–Crippen LogP) is 7.09. The van der Waals surface area contributed by atoms with E-state index in [0.29, 0.717) is 0 Å². The van der Waals surface area contributed by atoms with Crippen LogP contribution in [0.4, 0.5) is 0 Å². The Hall–Kier alpha value is -1.81. The van der Waals surface area contributed by atoms with Gasteiger partial charge in [0.1, 0.15) is 0 Å². The maximum atomic E-state index is 2.54. The molecule has 0 aliphatic rings. The Kier molecular flexibility index (Phi) is 8.80. The third-order valence-corrected chi connectivity index (χ3v) is 6.95. The minimum atomic E-state index is 0.976. The van der Waals surface area contributed by atoms with E-state index in [2.05, 4.69) is 97.6 Å². The van der Waals surface area contributed by atoms with E-state index in [-0.39, 0.29) is 0 Å². The first kappa shape index (κ1) is 22.9. The van der Waals surface area contributed by atoms with Crippen LogP contribution in [0.2, 0.25) is 0 Å². The number of unbranched alkanes of at least 4 members (excludes halogenated alkanes) is 1. The third-order valence-electron chi connectivity index (χ3n) is 5.91. The largest absolute Gasteiger partial charge is 0.304 e. The highest BCUT2D eigenvalue weighted by Crippen LogP contribution is 2.28. The van der Waals surface area contributed by atoms with Gasteiger partial charge in [0.05, 0.1) is 0 Å². The second kappa shape index (κ2) is 11.5. The molecule has 0 aliphatic heterocycles. The fraction of sp³-hybridized carbons (Fsp3) is 0.407. The number of aryl methyl sites for hydroxylation is 2. The molecule has 0 amide bonds. The Balaban J connectivity index is 1.69. The van der Waals surface area contributed by atoms with Crippen LogP contribution in [0.3, 0.4) is 0 Å².